The fourth-order valence-electron chi connectivity index (χ4n) is 4.38. The van der Waals surface area contributed by atoms with Crippen LogP contribution in [-0.2, 0) is 11.2 Å². The molecular weight excluding hydrogens is 378 g/mol. The Morgan fingerprint density at radius 3 is 2.57 bits per heavy atom. The van der Waals surface area contributed by atoms with Gasteiger partial charge in [0.2, 0.25) is 5.91 Å². The molecule has 0 bridgehead atoms. The molecule has 6 nitrogen and oxygen atoms in total. The number of anilines is 2. The molecule has 1 fully saturated rings. The van der Waals surface area contributed by atoms with E-state index in [9.17, 15) is 4.79 Å². The van der Waals surface area contributed by atoms with Crippen LogP contribution in [0, 0.1) is 0 Å². The quantitative estimate of drug-likeness (QED) is 0.733. The molecule has 2 aliphatic rings. The monoisotopic (exact) mass is 409 g/mol. The predicted octanol–water partition coefficient (Wildman–Crippen LogP) is 3.20. The molecule has 6 heteroatoms. The number of aryl methyl sites for hydroxylation is 1. The van der Waals surface area contributed by atoms with E-state index < -0.39 is 0 Å². The predicted molar refractivity (Wildman–Crippen MR) is 120 cm³/mol. The van der Waals surface area contributed by atoms with Crippen LogP contribution < -0.4 is 19.3 Å². The average molecular weight is 410 g/mol. The maximum Gasteiger partial charge on any atom is 0.241 e. The second-order valence-electron chi connectivity index (χ2n) is 7.81. The number of ether oxygens (including phenoxy) is 2. The fraction of sp³-hybridized carbons (Fsp3) is 0.458. The largest absolute Gasteiger partial charge is 0.497 e. The van der Waals surface area contributed by atoms with E-state index in [4.69, 9.17) is 9.47 Å². The molecule has 0 atom stereocenters. The Labute approximate surface area is 179 Å². The van der Waals surface area contributed by atoms with Crippen molar-refractivity contribution in [3.05, 3.63) is 48.0 Å². The lowest BCUT2D eigenvalue weighted by atomic mass is 10.0. The van der Waals surface area contributed by atoms with Gasteiger partial charge in [0.15, 0.2) is 0 Å². The maximum atomic E-state index is 13.1. The SMILES string of the molecule is CCOc1ccccc1N1CCN(CC(=O)N2CCCc3cc(OC)ccc32)CC1. The molecule has 2 aliphatic heterocycles. The van der Waals surface area contributed by atoms with Crippen LogP contribution >= 0.6 is 0 Å². The van der Waals surface area contributed by atoms with Crippen LogP contribution in [0.25, 0.3) is 0 Å². The molecule has 0 radical (unpaired) electrons. The molecule has 2 aromatic rings. The average Bonchev–Trinajstić information content (AvgIpc) is 2.79. The van der Waals surface area contributed by atoms with Crippen molar-refractivity contribution in [3.8, 4) is 11.5 Å². The lowest BCUT2D eigenvalue weighted by molar-refractivity contribution is -0.119. The van der Waals surface area contributed by atoms with Crippen LogP contribution in [0.2, 0.25) is 0 Å². The fourth-order valence-corrected chi connectivity index (χ4v) is 4.38. The van der Waals surface area contributed by atoms with Gasteiger partial charge in [0, 0.05) is 38.4 Å². The number of piperazine rings is 1. The summed E-state index contributed by atoms with van der Waals surface area (Å²) in [5.41, 5.74) is 3.38. The molecule has 0 aliphatic carbocycles. The second-order valence-corrected chi connectivity index (χ2v) is 7.81. The zero-order chi connectivity index (χ0) is 20.9. The first-order valence-electron chi connectivity index (χ1n) is 10.9. The summed E-state index contributed by atoms with van der Waals surface area (Å²) >= 11 is 0. The number of benzene rings is 2. The van der Waals surface area contributed by atoms with Crippen LogP contribution in [0.4, 0.5) is 11.4 Å². The van der Waals surface area contributed by atoms with Gasteiger partial charge in [0.05, 0.1) is 25.9 Å². The Morgan fingerprint density at radius 1 is 1.00 bits per heavy atom. The van der Waals surface area contributed by atoms with Gasteiger partial charge in [-0.05, 0) is 55.7 Å². The Bertz CT molecular complexity index is 878. The van der Waals surface area contributed by atoms with E-state index in [1.807, 2.05) is 36.1 Å². The highest BCUT2D eigenvalue weighted by Gasteiger charge is 2.26. The van der Waals surface area contributed by atoms with Crippen molar-refractivity contribution >= 4 is 17.3 Å². The van der Waals surface area contributed by atoms with Gasteiger partial charge in [-0.1, -0.05) is 12.1 Å². The van der Waals surface area contributed by atoms with Crippen LogP contribution in [0.5, 0.6) is 11.5 Å². The van der Waals surface area contributed by atoms with Crippen molar-refractivity contribution in [1.82, 2.24) is 4.90 Å². The van der Waals surface area contributed by atoms with Crippen LogP contribution in [0.15, 0.2) is 42.5 Å². The van der Waals surface area contributed by atoms with Crippen LogP contribution in [-0.4, -0.2) is 63.8 Å². The van der Waals surface area contributed by atoms with Gasteiger partial charge < -0.3 is 19.3 Å². The zero-order valence-corrected chi connectivity index (χ0v) is 18.0. The number of nitrogens with zero attached hydrogens (tertiary/aromatic N) is 3. The summed E-state index contributed by atoms with van der Waals surface area (Å²) in [6, 6.07) is 14.2. The molecule has 1 saturated heterocycles. The first kappa shape index (κ1) is 20.5. The number of carbonyl (C=O) groups excluding carboxylic acids is 1. The molecule has 2 heterocycles. The minimum atomic E-state index is 0.185. The van der Waals surface area contributed by atoms with Gasteiger partial charge in [0.25, 0.3) is 0 Å². The lowest BCUT2D eigenvalue weighted by Gasteiger charge is -2.38. The van der Waals surface area contributed by atoms with Crippen molar-refractivity contribution in [2.24, 2.45) is 0 Å². The summed E-state index contributed by atoms with van der Waals surface area (Å²) in [5.74, 6) is 1.97. The van der Waals surface area contributed by atoms with Crippen molar-refractivity contribution < 1.29 is 14.3 Å². The molecule has 0 saturated carbocycles. The summed E-state index contributed by atoms with van der Waals surface area (Å²) in [6.07, 6.45) is 1.99. The van der Waals surface area contributed by atoms with E-state index in [2.05, 4.69) is 28.0 Å². The van der Waals surface area contributed by atoms with E-state index in [-0.39, 0.29) is 5.91 Å². The second kappa shape index (κ2) is 9.39. The Hall–Kier alpha value is -2.73. The molecule has 0 aromatic heterocycles. The maximum absolute atomic E-state index is 13.1. The molecular formula is C24H31N3O3. The Balaban J connectivity index is 1.37. The third-order valence-corrected chi connectivity index (χ3v) is 5.94. The first-order valence-corrected chi connectivity index (χ1v) is 10.9. The van der Waals surface area contributed by atoms with Crippen molar-refractivity contribution in [1.29, 1.82) is 0 Å². The molecule has 2 aromatic carbocycles. The highest BCUT2D eigenvalue weighted by atomic mass is 16.5. The van der Waals surface area contributed by atoms with E-state index in [1.165, 1.54) is 5.56 Å². The standard InChI is InChI=1S/C24H31N3O3/c1-3-30-23-9-5-4-8-22(23)26-15-13-25(14-16-26)18-24(28)27-12-6-7-19-17-20(29-2)10-11-21(19)27/h4-5,8-11,17H,3,6-7,12-16,18H2,1-2H3. The zero-order valence-electron chi connectivity index (χ0n) is 18.0. The van der Waals surface area contributed by atoms with Crippen LogP contribution in [0.1, 0.15) is 18.9 Å². The number of hydrogen-bond donors (Lipinski definition) is 0. The first-order chi connectivity index (χ1) is 14.7. The minimum absolute atomic E-state index is 0.185. The molecule has 4 rings (SSSR count). The number of rotatable bonds is 6. The number of methoxy groups -OCH3 is 1. The smallest absolute Gasteiger partial charge is 0.241 e. The van der Waals surface area contributed by atoms with Gasteiger partial charge in [-0.2, -0.15) is 0 Å². The normalized spacial score (nSPS) is 16.9. The van der Waals surface area contributed by atoms with E-state index in [0.717, 1.165) is 68.4 Å². The topological polar surface area (TPSA) is 45.2 Å². The highest BCUT2D eigenvalue weighted by molar-refractivity contribution is 5.96. The number of carbonyl (C=O) groups is 1. The van der Waals surface area contributed by atoms with Gasteiger partial charge in [-0.15, -0.1) is 0 Å². The van der Waals surface area contributed by atoms with Crippen molar-refractivity contribution in [3.63, 3.8) is 0 Å². The lowest BCUT2D eigenvalue weighted by Crippen LogP contribution is -2.50. The van der Waals surface area contributed by atoms with Crippen LogP contribution in [0.3, 0.4) is 0 Å². The van der Waals surface area contributed by atoms with Gasteiger partial charge in [0.1, 0.15) is 11.5 Å². The van der Waals surface area contributed by atoms with E-state index >= 15 is 0 Å². The molecule has 160 valence electrons. The molecule has 0 unspecified atom stereocenters. The number of para-hydroxylation sites is 2. The molecule has 0 N–H and O–H groups in total. The van der Waals surface area contributed by atoms with E-state index in [0.29, 0.717) is 13.2 Å². The molecule has 0 spiro atoms. The van der Waals surface area contributed by atoms with Gasteiger partial charge in [-0.3, -0.25) is 9.69 Å². The van der Waals surface area contributed by atoms with Crippen molar-refractivity contribution in [2.75, 3.05) is 62.8 Å². The molecule has 1 amide bonds. The number of hydrogen-bond acceptors (Lipinski definition) is 5. The van der Waals surface area contributed by atoms with Gasteiger partial charge in [-0.25, -0.2) is 0 Å². The summed E-state index contributed by atoms with van der Waals surface area (Å²) in [5, 5.41) is 0. The Kier molecular flexibility index (Phi) is 6.43. The summed E-state index contributed by atoms with van der Waals surface area (Å²) in [7, 11) is 1.68. The number of amides is 1. The summed E-state index contributed by atoms with van der Waals surface area (Å²) in [6.45, 7) is 7.46. The van der Waals surface area contributed by atoms with Gasteiger partial charge >= 0.3 is 0 Å². The Morgan fingerprint density at radius 2 is 1.80 bits per heavy atom. The minimum Gasteiger partial charge on any atom is -0.497 e. The van der Waals surface area contributed by atoms with Crippen molar-refractivity contribution in [2.45, 2.75) is 19.8 Å². The third-order valence-electron chi connectivity index (χ3n) is 5.94. The highest BCUT2D eigenvalue weighted by Crippen LogP contribution is 2.31. The third kappa shape index (κ3) is 4.38. The number of fused-ring (bicyclic) bond motifs is 1. The van der Waals surface area contributed by atoms with E-state index in [1.54, 1.807) is 7.11 Å². The molecule has 30 heavy (non-hydrogen) atoms. The summed E-state index contributed by atoms with van der Waals surface area (Å²) < 4.78 is 11.1. The summed E-state index contributed by atoms with van der Waals surface area (Å²) in [4.78, 5) is 19.7.